The van der Waals surface area contributed by atoms with Crippen LogP contribution in [0.3, 0.4) is 0 Å². The molecule has 0 unspecified atom stereocenters. The second-order valence-electron chi connectivity index (χ2n) is 10.0. The molecule has 0 spiro atoms. The number of nitrogens with zero attached hydrogens (tertiary/aromatic N) is 5. The summed E-state index contributed by atoms with van der Waals surface area (Å²) >= 11 is 1.78. The molecule has 0 amide bonds. The van der Waals surface area contributed by atoms with Crippen LogP contribution in [-0.2, 0) is 6.42 Å². The summed E-state index contributed by atoms with van der Waals surface area (Å²) in [5, 5.41) is 4.67. The number of pyridine rings is 1. The van der Waals surface area contributed by atoms with Crippen molar-refractivity contribution in [3.8, 4) is 0 Å². The summed E-state index contributed by atoms with van der Waals surface area (Å²) < 4.78 is 3.49. The minimum Gasteiger partial charge on any atom is -0.369 e. The van der Waals surface area contributed by atoms with Crippen molar-refractivity contribution in [2.75, 3.05) is 50.0 Å². The number of benzene rings is 1. The second kappa shape index (κ2) is 9.55. The third-order valence-electron chi connectivity index (χ3n) is 7.55. The zero-order valence-corrected chi connectivity index (χ0v) is 20.9. The van der Waals surface area contributed by atoms with E-state index in [1.54, 1.807) is 11.3 Å². The van der Waals surface area contributed by atoms with Crippen LogP contribution < -0.4 is 10.2 Å². The SMILES string of the molecule is CN1CCN(c2ccn3c(Cc4ccc5nc(NCC6CCCCC6)sc5c4)cnc3c2)CC1. The molecule has 1 aliphatic heterocycles. The number of piperazine rings is 1. The molecule has 4 heterocycles. The standard InChI is InChI=1S/C27H34N6S/c1-31-11-13-32(14-12-31)22-9-10-33-23(19-28-26(33)17-22)15-21-7-8-24-25(16-21)34-27(30-24)29-18-20-5-3-2-4-6-20/h7-10,16-17,19-20H,2-6,11-15,18H2,1H3,(H,29,30). The zero-order chi connectivity index (χ0) is 22.9. The van der Waals surface area contributed by atoms with Crippen LogP contribution in [0.25, 0.3) is 15.9 Å². The summed E-state index contributed by atoms with van der Waals surface area (Å²) in [7, 11) is 2.19. The van der Waals surface area contributed by atoms with Gasteiger partial charge in [0, 0.05) is 69.0 Å². The highest BCUT2D eigenvalue weighted by Gasteiger charge is 2.16. The Labute approximate surface area is 205 Å². The van der Waals surface area contributed by atoms with Crippen molar-refractivity contribution in [1.29, 1.82) is 0 Å². The number of nitrogens with one attached hydrogen (secondary N) is 1. The van der Waals surface area contributed by atoms with E-state index in [0.29, 0.717) is 0 Å². The van der Waals surface area contributed by atoms with Gasteiger partial charge in [0.25, 0.3) is 0 Å². The van der Waals surface area contributed by atoms with Gasteiger partial charge in [0.15, 0.2) is 5.13 Å². The van der Waals surface area contributed by atoms with Crippen LogP contribution in [0.5, 0.6) is 0 Å². The number of fused-ring (bicyclic) bond motifs is 2. The molecule has 7 heteroatoms. The minimum atomic E-state index is 0.809. The summed E-state index contributed by atoms with van der Waals surface area (Å²) in [4.78, 5) is 14.4. The molecule has 1 aliphatic carbocycles. The van der Waals surface area contributed by atoms with Crippen molar-refractivity contribution < 1.29 is 0 Å². The van der Waals surface area contributed by atoms with Gasteiger partial charge in [0.1, 0.15) is 5.65 Å². The molecule has 1 aromatic carbocycles. The van der Waals surface area contributed by atoms with E-state index in [1.165, 1.54) is 53.7 Å². The summed E-state index contributed by atoms with van der Waals surface area (Å²) in [5.74, 6) is 0.809. The number of hydrogen-bond acceptors (Lipinski definition) is 6. The van der Waals surface area contributed by atoms with E-state index in [1.807, 2.05) is 6.20 Å². The van der Waals surface area contributed by atoms with Crippen LogP contribution in [0.2, 0.25) is 0 Å². The predicted octanol–water partition coefficient (Wildman–Crippen LogP) is 5.28. The van der Waals surface area contributed by atoms with E-state index in [0.717, 1.165) is 61.4 Å². The van der Waals surface area contributed by atoms with Gasteiger partial charge in [-0.1, -0.05) is 36.7 Å². The molecule has 0 atom stereocenters. The number of rotatable bonds is 6. The molecule has 1 saturated heterocycles. The van der Waals surface area contributed by atoms with Gasteiger partial charge in [0.05, 0.1) is 10.2 Å². The number of aromatic nitrogens is 3. The Morgan fingerprint density at radius 3 is 2.74 bits per heavy atom. The molecular formula is C27H34N6S. The van der Waals surface area contributed by atoms with Gasteiger partial charge in [-0.3, -0.25) is 0 Å². The van der Waals surface area contributed by atoms with E-state index in [2.05, 4.69) is 63.1 Å². The molecule has 34 heavy (non-hydrogen) atoms. The number of anilines is 2. The fraction of sp³-hybridized carbons (Fsp3) is 0.481. The van der Waals surface area contributed by atoms with Crippen molar-refractivity contribution in [3.05, 3.63) is 54.0 Å². The van der Waals surface area contributed by atoms with E-state index in [4.69, 9.17) is 9.97 Å². The largest absolute Gasteiger partial charge is 0.369 e. The van der Waals surface area contributed by atoms with Crippen LogP contribution in [0.15, 0.2) is 42.7 Å². The van der Waals surface area contributed by atoms with Crippen LogP contribution in [0.4, 0.5) is 10.8 Å². The van der Waals surface area contributed by atoms with E-state index in [9.17, 15) is 0 Å². The highest BCUT2D eigenvalue weighted by Crippen LogP contribution is 2.30. The van der Waals surface area contributed by atoms with E-state index in [-0.39, 0.29) is 0 Å². The van der Waals surface area contributed by atoms with Gasteiger partial charge in [-0.15, -0.1) is 0 Å². The topological polar surface area (TPSA) is 48.7 Å². The maximum absolute atomic E-state index is 4.83. The summed E-state index contributed by atoms with van der Waals surface area (Å²) in [6.07, 6.45) is 12.0. The Hall–Kier alpha value is -2.64. The number of hydrogen-bond donors (Lipinski definition) is 1. The van der Waals surface area contributed by atoms with Crippen molar-refractivity contribution in [2.45, 2.75) is 38.5 Å². The lowest BCUT2D eigenvalue weighted by Crippen LogP contribution is -2.44. The Morgan fingerprint density at radius 2 is 1.88 bits per heavy atom. The molecular weight excluding hydrogens is 440 g/mol. The third-order valence-corrected chi connectivity index (χ3v) is 8.52. The summed E-state index contributed by atoms with van der Waals surface area (Å²) in [6, 6.07) is 11.1. The molecule has 2 fully saturated rings. The first kappa shape index (κ1) is 21.9. The second-order valence-corrected chi connectivity index (χ2v) is 11.1. The Balaban J connectivity index is 1.15. The van der Waals surface area contributed by atoms with Crippen LogP contribution in [-0.4, -0.2) is 59.0 Å². The molecule has 178 valence electrons. The van der Waals surface area contributed by atoms with Crippen molar-refractivity contribution in [1.82, 2.24) is 19.3 Å². The molecule has 6 rings (SSSR count). The molecule has 3 aromatic heterocycles. The molecule has 1 saturated carbocycles. The monoisotopic (exact) mass is 474 g/mol. The van der Waals surface area contributed by atoms with Crippen LogP contribution in [0, 0.1) is 5.92 Å². The summed E-state index contributed by atoms with van der Waals surface area (Å²) in [6.45, 7) is 5.44. The first-order valence-corrected chi connectivity index (χ1v) is 13.6. The quantitative estimate of drug-likeness (QED) is 0.412. The summed E-state index contributed by atoms with van der Waals surface area (Å²) in [5.41, 5.74) is 5.92. The molecule has 4 aromatic rings. The number of imidazole rings is 1. The van der Waals surface area contributed by atoms with Crippen LogP contribution >= 0.6 is 11.3 Å². The lowest BCUT2D eigenvalue weighted by Gasteiger charge is -2.34. The molecule has 0 bridgehead atoms. The Morgan fingerprint density at radius 1 is 1.03 bits per heavy atom. The van der Waals surface area contributed by atoms with Crippen molar-refractivity contribution >= 4 is 38.0 Å². The normalized spacial score (nSPS) is 18.2. The van der Waals surface area contributed by atoms with E-state index >= 15 is 0 Å². The number of thiazole rings is 1. The highest BCUT2D eigenvalue weighted by atomic mass is 32.1. The van der Waals surface area contributed by atoms with Gasteiger partial charge in [-0.2, -0.15) is 0 Å². The predicted molar refractivity (Wildman–Crippen MR) is 142 cm³/mol. The van der Waals surface area contributed by atoms with Crippen molar-refractivity contribution in [3.63, 3.8) is 0 Å². The first-order chi connectivity index (χ1) is 16.7. The smallest absolute Gasteiger partial charge is 0.183 e. The lowest BCUT2D eigenvalue weighted by atomic mass is 9.89. The fourth-order valence-corrected chi connectivity index (χ4v) is 6.34. The third kappa shape index (κ3) is 4.64. The molecule has 0 radical (unpaired) electrons. The number of likely N-dealkylation sites (N-methyl/N-ethyl adjacent to an activating group) is 1. The van der Waals surface area contributed by atoms with Crippen LogP contribution in [0.1, 0.15) is 43.4 Å². The average Bonchev–Trinajstić information content (AvgIpc) is 3.47. The average molecular weight is 475 g/mol. The molecule has 2 aliphatic rings. The van der Waals surface area contributed by atoms with Gasteiger partial charge < -0.3 is 19.5 Å². The van der Waals surface area contributed by atoms with Crippen molar-refractivity contribution in [2.24, 2.45) is 5.92 Å². The van der Waals surface area contributed by atoms with E-state index < -0.39 is 0 Å². The lowest BCUT2D eigenvalue weighted by molar-refractivity contribution is 0.313. The fourth-order valence-electron chi connectivity index (χ4n) is 5.40. The Bertz CT molecular complexity index is 1260. The molecule has 1 N–H and O–H groups in total. The van der Waals surface area contributed by atoms with Gasteiger partial charge in [-0.05, 0) is 49.6 Å². The van der Waals surface area contributed by atoms with Gasteiger partial charge >= 0.3 is 0 Å². The highest BCUT2D eigenvalue weighted by molar-refractivity contribution is 7.22. The van der Waals surface area contributed by atoms with Gasteiger partial charge in [0.2, 0.25) is 0 Å². The maximum atomic E-state index is 4.83. The zero-order valence-electron chi connectivity index (χ0n) is 20.0. The van der Waals surface area contributed by atoms with Gasteiger partial charge in [-0.25, -0.2) is 9.97 Å². The first-order valence-electron chi connectivity index (χ1n) is 12.7. The minimum absolute atomic E-state index is 0.809. The maximum Gasteiger partial charge on any atom is 0.183 e. The molecule has 6 nitrogen and oxygen atoms in total. The Kier molecular flexibility index (Phi) is 6.14.